The average Bonchev–Trinajstić information content (AvgIpc) is 2.03. The van der Waals surface area contributed by atoms with Crippen molar-refractivity contribution in [3.05, 3.63) is 12.4 Å². The third-order valence-corrected chi connectivity index (χ3v) is 1.78. The molecule has 0 fully saturated rings. The average molecular weight is 193 g/mol. The van der Waals surface area contributed by atoms with Crippen molar-refractivity contribution in [1.82, 2.24) is 9.97 Å². The molecular formula is C5H5BF3N2S-. The molecule has 12 heavy (non-hydrogen) atoms. The fourth-order valence-electron chi connectivity index (χ4n) is 0.601. The van der Waals surface area contributed by atoms with Crippen molar-refractivity contribution in [2.45, 2.75) is 5.16 Å². The van der Waals surface area contributed by atoms with E-state index in [1.54, 1.807) is 6.26 Å². The molecule has 0 aliphatic rings. The minimum Gasteiger partial charge on any atom is -0.445 e. The Morgan fingerprint density at radius 3 is 2.08 bits per heavy atom. The van der Waals surface area contributed by atoms with Gasteiger partial charge >= 0.3 is 6.98 Å². The maximum Gasteiger partial charge on any atom is 0.512 e. The molecule has 0 amide bonds. The third kappa shape index (κ3) is 2.13. The Bertz CT molecular complexity index is 260. The van der Waals surface area contributed by atoms with Gasteiger partial charge in [-0.3, -0.25) is 0 Å². The Kier molecular flexibility index (Phi) is 2.61. The second kappa shape index (κ2) is 3.34. The SMILES string of the molecule is CSc1ncc([B-](F)(F)F)cn1. The van der Waals surface area contributed by atoms with Gasteiger partial charge in [-0.1, -0.05) is 17.2 Å². The van der Waals surface area contributed by atoms with Gasteiger partial charge in [-0.2, -0.15) is 0 Å². The van der Waals surface area contributed by atoms with Gasteiger partial charge in [0, 0.05) is 12.4 Å². The molecular weight excluding hydrogens is 188 g/mol. The molecule has 1 aromatic rings. The van der Waals surface area contributed by atoms with Gasteiger partial charge in [0.25, 0.3) is 0 Å². The van der Waals surface area contributed by atoms with Crippen molar-refractivity contribution in [3.63, 3.8) is 0 Å². The second-order valence-electron chi connectivity index (χ2n) is 2.08. The maximum atomic E-state index is 12.0. The molecule has 66 valence electrons. The van der Waals surface area contributed by atoms with Gasteiger partial charge in [-0.15, -0.1) is 0 Å². The van der Waals surface area contributed by atoms with E-state index in [1.807, 2.05) is 0 Å². The molecule has 0 aliphatic carbocycles. The third-order valence-electron chi connectivity index (χ3n) is 1.21. The Balaban J connectivity index is 2.93. The summed E-state index contributed by atoms with van der Waals surface area (Å²) in [7, 11) is 0. The number of thioether (sulfide) groups is 1. The van der Waals surface area contributed by atoms with Crippen LogP contribution in [-0.4, -0.2) is 23.2 Å². The van der Waals surface area contributed by atoms with E-state index >= 15 is 0 Å². The highest BCUT2D eigenvalue weighted by Gasteiger charge is 2.26. The van der Waals surface area contributed by atoms with Gasteiger partial charge in [0.1, 0.15) is 0 Å². The second-order valence-corrected chi connectivity index (χ2v) is 2.85. The van der Waals surface area contributed by atoms with E-state index in [1.165, 1.54) is 11.8 Å². The summed E-state index contributed by atoms with van der Waals surface area (Å²) in [5.74, 6) is 0. The summed E-state index contributed by atoms with van der Waals surface area (Å²) in [5, 5.41) is 0.346. The van der Waals surface area contributed by atoms with Crippen molar-refractivity contribution in [2.75, 3.05) is 6.26 Å². The molecule has 7 heteroatoms. The van der Waals surface area contributed by atoms with Gasteiger partial charge in [-0.05, 0) is 6.26 Å². The fourth-order valence-corrected chi connectivity index (χ4v) is 0.917. The topological polar surface area (TPSA) is 25.8 Å². The normalized spacial score (nSPS) is 11.7. The zero-order valence-electron chi connectivity index (χ0n) is 6.17. The molecule has 0 saturated heterocycles. The van der Waals surface area contributed by atoms with Gasteiger partial charge in [0.05, 0.1) is 0 Å². The van der Waals surface area contributed by atoms with Crippen LogP contribution >= 0.6 is 11.8 Å². The summed E-state index contributed by atoms with van der Waals surface area (Å²) in [6.07, 6.45) is 3.31. The number of rotatable bonds is 2. The summed E-state index contributed by atoms with van der Waals surface area (Å²) >= 11 is 1.21. The minimum absolute atomic E-state index is 0.346. The molecule has 0 bridgehead atoms. The van der Waals surface area contributed by atoms with Crippen molar-refractivity contribution < 1.29 is 12.9 Å². The van der Waals surface area contributed by atoms with Gasteiger partial charge < -0.3 is 12.9 Å². The maximum absolute atomic E-state index is 12.0. The highest BCUT2D eigenvalue weighted by molar-refractivity contribution is 7.98. The van der Waals surface area contributed by atoms with Crippen molar-refractivity contribution in [2.24, 2.45) is 0 Å². The van der Waals surface area contributed by atoms with Crippen LogP contribution in [0.25, 0.3) is 0 Å². The van der Waals surface area contributed by atoms with Crippen LogP contribution in [0.3, 0.4) is 0 Å². The molecule has 1 aromatic heterocycles. The Morgan fingerprint density at radius 1 is 1.25 bits per heavy atom. The first kappa shape index (κ1) is 9.37. The monoisotopic (exact) mass is 193 g/mol. The molecule has 1 heterocycles. The highest BCUT2D eigenvalue weighted by Crippen LogP contribution is 2.09. The van der Waals surface area contributed by atoms with Crippen LogP contribution in [0, 0.1) is 0 Å². The van der Waals surface area contributed by atoms with E-state index in [-0.39, 0.29) is 0 Å². The molecule has 0 atom stereocenters. The number of nitrogens with zero attached hydrogens (tertiary/aromatic N) is 2. The van der Waals surface area contributed by atoms with Gasteiger partial charge in [-0.25, -0.2) is 9.97 Å². The van der Waals surface area contributed by atoms with Crippen LogP contribution in [0.15, 0.2) is 17.6 Å². The lowest BCUT2D eigenvalue weighted by Crippen LogP contribution is -2.34. The smallest absolute Gasteiger partial charge is 0.445 e. The van der Waals surface area contributed by atoms with E-state index in [0.29, 0.717) is 5.16 Å². The van der Waals surface area contributed by atoms with E-state index in [9.17, 15) is 12.9 Å². The van der Waals surface area contributed by atoms with Crippen molar-refractivity contribution >= 4 is 24.2 Å². The van der Waals surface area contributed by atoms with E-state index in [4.69, 9.17) is 0 Å². The number of halogens is 3. The van der Waals surface area contributed by atoms with E-state index < -0.39 is 12.4 Å². The summed E-state index contributed by atoms with van der Waals surface area (Å²) in [6.45, 7) is -4.96. The first-order valence-corrected chi connectivity index (χ1v) is 4.32. The van der Waals surface area contributed by atoms with Crippen LogP contribution in [-0.2, 0) is 0 Å². The summed E-state index contributed by atoms with van der Waals surface area (Å²) in [6, 6.07) is 0. The molecule has 0 radical (unpaired) electrons. The Labute approximate surface area is 71.7 Å². The molecule has 0 saturated carbocycles. The molecule has 0 unspecified atom stereocenters. The molecule has 0 spiro atoms. The van der Waals surface area contributed by atoms with Crippen molar-refractivity contribution in [1.29, 1.82) is 0 Å². The lowest BCUT2D eigenvalue weighted by molar-refractivity contribution is 0.500. The molecule has 2 nitrogen and oxygen atoms in total. The van der Waals surface area contributed by atoms with Crippen LogP contribution in [0.4, 0.5) is 12.9 Å². The van der Waals surface area contributed by atoms with E-state index in [0.717, 1.165) is 12.4 Å². The molecule has 1 rings (SSSR count). The minimum atomic E-state index is -4.96. The summed E-state index contributed by atoms with van der Waals surface area (Å²) < 4.78 is 36.0. The Hall–Kier alpha value is -0.715. The predicted molar refractivity (Wildman–Crippen MR) is 42.5 cm³/mol. The molecule has 0 aliphatic heterocycles. The first-order valence-electron chi connectivity index (χ1n) is 3.10. The zero-order valence-corrected chi connectivity index (χ0v) is 6.99. The number of aromatic nitrogens is 2. The standard InChI is InChI=1S/C5H5BF3N2S/c1-12-5-10-2-4(3-11-5)6(7,8)9/h2-3H,1H3/q-1. The molecule has 0 N–H and O–H groups in total. The predicted octanol–water partition coefficient (Wildman–Crippen LogP) is 1.25. The van der Waals surface area contributed by atoms with Gasteiger partial charge in [0.15, 0.2) is 5.16 Å². The first-order chi connectivity index (χ1) is 5.54. The quantitative estimate of drug-likeness (QED) is 0.401. The fraction of sp³-hybridized carbons (Fsp3) is 0.200. The highest BCUT2D eigenvalue weighted by atomic mass is 32.2. The lowest BCUT2D eigenvalue weighted by atomic mass is 9.83. The lowest BCUT2D eigenvalue weighted by Gasteiger charge is -2.12. The summed E-state index contributed by atoms with van der Waals surface area (Å²) in [4.78, 5) is 7.02. The van der Waals surface area contributed by atoms with E-state index in [2.05, 4.69) is 9.97 Å². The van der Waals surface area contributed by atoms with Crippen LogP contribution < -0.4 is 5.46 Å². The largest absolute Gasteiger partial charge is 0.512 e. The Morgan fingerprint density at radius 2 is 1.75 bits per heavy atom. The molecule has 0 aromatic carbocycles. The number of hydrogen-bond donors (Lipinski definition) is 0. The van der Waals surface area contributed by atoms with Gasteiger partial charge in [0.2, 0.25) is 0 Å². The zero-order chi connectivity index (χ0) is 9.19. The van der Waals surface area contributed by atoms with Crippen molar-refractivity contribution in [3.8, 4) is 0 Å². The van der Waals surface area contributed by atoms with Crippen LogP contribution in [0.1, 0.15) is 0 Å². The summed E-state index contributed by atoms with van der Waals surface area (Å²) in [5.41, 5.74) is -0.757. The van der Waals surface area contributed by atoms with Crippen LogP contribution in [0.2, 0.25) is 0 Å². The van der Waals surface area contributed by atoms with Crippen LogP contribution in [0.5, 0.6) is 0 Å². The number of hydrogen-bond acceptors (Lipinski definition) is 3.